The predicted octanol–water partition coefficient (Wildman–Crippen LogP) is 3.47. The molecule has 1 aliphatic rings. The molecule has 2 aromatic rings. The van der Waals surface area contributed by atoms with Gasteiger partial charge >= 0.3 is 6.09 Å². The zero-order valence-corrected chi connectivity index (χ0v) is 18.1. The lowest BCUT2D eigenvalue weighted by Gasteiger charge is -2.19. The van der Waals surface area contributed by atoms with Crippen molar-refractivity contribution in [1.82, 2.24) is 20.4 Å². The summed E-state index contributed by atoms with van der Waals surface area (Å²) in [6.45, 7) is 2.79. The van der Waals surface area contributed by atoms with Gasteiger partial charge in [-0.3, -0.25) is 20.0 Å². The topological polar surface area (TPSA) is 116 Å². The number of halogens is 2. The zero-order valence-electron chi connectivity index (χ0n) is 15.7. The third-order valence-corrected chi connectivity index (χ3v) is 5.15. The summed E-state index contributed by atoms with van der Waals surface area (Å²) in [5.74, 6) is -0.742. The molecule has 1 aliphatic heterocycles. The summed E-state index contributed by atoms with van der Waals surface area (Å²) in [4.78, 5) is 38.5. The zero-order chi connectivity index (χ0) is 21.7. The molecule has 30 heavy (non-hydrogen) atoms. The fraction of sp³-hybridized carbons (Fsp3) is 0.158. The van der Waals surface area contributed by atoms with E-state index < -0.39 is 12.0 Å². The molecule has 0 saturated heterocycles. The molecule has 156 valence electrons. The van der Waals surface area contributed by atoms with E-state index in [1.165, 1.54) is 6.08 Å². The molecule has 0 atom stereocenters. The number of carbonyl (C=O) groups excluding carboxylic acids is 3. The lowest BCUT2D eigenvalue weighted by atomic mass is 10.2. The van der Waals surface area contributed by atoms with Crippen molar-refractivity contribution in [1.29, 1.82) is 0 Å². The van der Waals surface area contributed by atoms with Gasteiger partial charge in [-0.1, -0.05) is 35.9 Å². The van der Waals surface area contributed by atoms with E-state index in [1.54, 1.807) is 41.3 Å². The minimum atomic E-state index is -0.905. The Bertz CT molecular complexity index is 1050. The van der Waals surface area contributed by atoms with Crippen LogP contribution in [0.25, 0.3) is 0 Å². The van der Waals surface area contributed by atoms with E-state index in [1.807, 2.05) is 6.92 Å². The Morgan fingerprint density at radius 1 is 1.33 bits per heavy atom. The summed E-state index contributed by atoms with van der Waals surface area (Å²) in [6, 6.07) is 6.55. The maximum Gasteiger partial charge on any atom is 0.418 e. The molecule has 0 radical (unpaired) electrons. The molecule has 3 N–H and O–H groups in total. The lowest BCUT2D eigenvalue weighted by molar-refractivity contribution is -0.126. The number of amides is 3. The fourth-order valence-electron chi connectivity index (χ4n) is 2.56. The van der Waals surface area contributed by atoms with Crippen LogP contribution < -0.4 is 15.4 Å². The Morgan fingerprint density at radius 3 is 2.83 bits per heavy atom. The number of anilines is 1. The van der Waals surface area contributed by atoms with Crippen LogP contribution in [0.2, 0.25) is 5.02 Å². The number of benzene rings is 1. The molecule has 0 fully saturated rings. The number of hydrogen-bond donors (Lipinski definition) is 3. The van der Waals surface area contributed by atoms with Gasteiger partial charge in [0.05, 0.1) is 10.6 Å². The average Bonchev–Trinajstić information content (AvgIpc) is 2.95. The van der Waals surface area contributed by atoms with Crippen molar-refractivity contribution in [3.05, 3.63) is 63.2 Å². The number of nitrogens with zero attached hydrogens (tertiary/aromatic N) is 2. The molecule has 0 aliphatic carbocycles. The number of H-pyrrole nitrogens is 1. The lowest BCUT2D eigenvalue weighted by Crippen LogP contribution is -2.38. The number of aromatic amines is 1. The van der Waals surface area contributed by atoms with E-state index in [2.05, 4.69) is 36.8 Å². The van der Waals surface area contributed by atoms with Gasteiger partial charge in [-0.25, -0.2) is 4.79 Å². The second-order valence-corrected chi connectivity index (χ2v) is 7.22. The molecular formula is C19H17BrClN5O4. The van der Waals surface area contributed by atoms with E-state index in [-0.39, 0.29) is 38.4 Å². The minimum absolute atomic E-state index is 0.0782. The van der Waals surface area contributed by atoms with Crippen LogP contribution >= 0.6 is 27.5 Å². The van der Waals surface area contributed by atoms with E-state index in [9.17, 15) is 14.4 Å². The van der Waals surface area contributed by atoms with Crippen molar-refractivity contribution in [2.24, 2.45) is 0 Å². The summed E-state index contributed by atoms with van der Waals surface area (Å²) < 4.78 is 5.36. The molecule has 0 bridgehead atoms. The normalized spacial score (nSPS) is 13.5. The predicted molar refractivity (Wildman–Crippen MR) is 114 cm³/mol. The highest BCUT2D eigenvalue weighted by Gasteiger charge is 2.22. The molecule has 3 rings (SSSR count). The molecule has 9 nitrogen and oxygen atoms in total. The third-order valence-electron chi connectivity index (χ3n) is 4.08. The maximum atomic E-state index is 12.4. The molecule has 1 aromatic heterocycles. The molecule has 0 spiro atoms. The highest BCUT2D eigenvalue weighted by molar-refractivity contribution is 9.10. The van der Waals surface area contributed by atoms with Crippen LogP contribution in [0.4, 0.5) is 10.6 Å². The summed E-state index contributed by atoms with van der Waals surface area (Å²) in [5.41, 5.74) is 0.350. The van der Waals surface area contributed by atoms with Crippen LogP contribution in [0.15, 0.2) is 52.7 Å². The van der Waals surface area contributed by atoms with Crippen molar-refractivity contribution in [3.63, 3.8) is 0 Å². The van der Waals surface area contributed by atoms with Crippen LogP contribution in [-0.4, -0.2) is 46.1 Å². The van der Waals surface area contributed by atoms with Crippen LogP contribution in [0.5, 0.6) is 5.88 Å². The van der Waals surface area contributed by atoms with Crippen molar-refractivity contribution in [2.75, 3.05) is 18.4 Å². The van der Waals surface area contributed by atoms with Crippen LogP contribution in [0.3, 0.4) is 0 Å². The van der Waals surface area contributed by atoms with Gasteiger partial charge in [-0.2, -0.15) is 0 Å². The first-order valence-electron chi connectivity index (χ1n) is 8.85. The van der Waals surface area contributed by atoms with Crippen molar-refractivity contribution in [3.8, 4) is 5.88 Å². The smallest absolute Gasteiger partial charge is 0.388 e. The van der Waals surface area contributed by atoms with Gasteiger partial charge < -0.3 is 15.0 Å². The second-order valence-electron chi connectivity index (χ2n) is 6.02. The van der Waals surface area contributed by atoms with E-state index in [4.69, 9.17) is 16.3 Å². The van der Waals surface area contributed by atoms with E-state index >= 15 is 0 Å². The van der Waals surface area contributed by atoms with Gasteiger partial charge in [0.1, 0.15) is 16.0 Å². The van der Waals surface area contributed by atoms with Crippen LogP contribution in [0, 0.1) is 0 Å². The van der Waals surface area contributed by atoms with Crippen molar-refractivity contribution in [2.45, 2.75) is 6.92 Å². The molecular weight excluding hydrogens is 478 g/mol. The standard InChI is InChI=1S/C19H17BrClN5O4/c1-2-26-10-6-5-9-13(18(26)28)22-19(29)30-17-14(20)15(24-25-17)23-16(27)11-7-3-4-8-12(11)21/h3-9H,2,10H2,1H3,(H,22,29)(H2,23,24,25,27). The Hall–Kier alpha value is -3.11. The second kappa shape index (κ2) is 9.59. The van der Waals surface area contributed by atoms with E-state index in [0.29, 0.717) is 13.1 Å². The highest BCUT2D eigenvalue weighted by Crippen LogP contribution is 2.30. The maximum absolute atomic E-state index is 12.4. The SMILES string of the molecule is CCN1CC=CC=C(NC(=O)Oc2n[nH]c(NC(=O)c3ccccc3Cl)c2Br)C1=O. The number of likely N-dealkylation sites (N-methyl/N-ethyl adjacent to an activating group) is 1. The first-order chi connectivity index (χ1) is 14.4. The van der Waals surface area contributed by atoms with Crippen LogP contribution in [0.1, 0.15) is 17.3 Å². The molecule has 3 amide bonds. The first kappa shape index (κ1) is 21.6. The van der Waals surface area contributed by atoms with Gasteiger partial charge in [0.2, 0.25) is 0 Å². The summed E-state index contributed by atoms with van der Waals surface area (Å²) in [6.07, 6.45) is 4.07. The number of allylic oxidation sites excluding steroid dienone is 2. The fourth-order valence-corrected chi connectivity index (χ4v) is 3.14. The number of nitrogens with one attached hydrogen (secondary N) is 3. The molecule has 2 heterocycles. The summed E-state index contributed by atoms with van der Waals surface area (Å²) in [5, 5.41) is 11.7. The van der Waals surface area contributed by atoms with Crippen LogP contribution in [-0.2, 0) is 4.79 Å². The number of aromatic nitrogens is 2. The highest BCUT2D eigenvalue weighted by atomic mass is 79.9. The van der Waals surface area contributed by atoms with Gasteiger partial charge in [0.15, 0.2) is 0 Å². The third kappa shape index (κ3) is 4.89. The van der Waals surface area contributed by atoms with E-state index in [0.717, 1.165) is 0 Å². The number of rotatable bonds is 5. The quantitative estimate of drug-likeness (QED) is 0.588. The molecule has 11 heteroatoms. The Balaban J connectivity index is 1.66. The number of hydrogen-bond acceptors (Lipinski definition) is 5. The van der Waals surface area contributed by atoms with Gasteiger partial charge in [0, 0.05) is 13.1 Å². The Morgan fingerprint density at radius 2 is 2.10 bits per heavy atom. The summed E-state index contributed by atoms with van der Waals surface area (Å²) in [7, 11) is 0. The van der Waals surface area contributed by atoms with Crippen molar-refractivity contribution >= 4 is 51.3 Å². The molecule has 1 aromatic carbocycles. The number of ether oxygens (including phenoxy) is 1. The molecule has 0 unspecified atom stereocenters. The monoisotopic (exact) mass is 493 g/mol. The van der Waals surface area contributed by atoms with Gasteiger partial charge in [0.25, 0.3) is 17.7 Å². The first-order valence-corrected chi connectivity index (χ1v) is 10.0. The molecule has 0 saturated carbocycles. The Labute approximate surface area is 185 Å². The van der Waals surface area contributed by atoms with Crippen molar-refractivity contribution < 1.29 is 19.1 Å². The Kier molecular flexibility index (Phi) is 6.91. The largest absolute Gasteiger partial charge is 0.418 e. The summed E-state index contributed by atoms with van der Waals surface area (Å²) >= 11 is 9.24. The minimum Gasteiger partial charge on any atom is -0.388 e. The van der Waals surface area contributed by atoms with Gasteiger partial charge in [-0.05, 0) is 41.1 Å². The average molecular weight is 495 g/mol. The van der Waals surface area contributed by atoms with Gasteiger partial charge in [-0.15, -0.1) is 5.10 Å². The number of carbonyl (C=O) groups is 3.